The van der Waals surface area contributed by atoms with Crippen LogP contribution < -0.4 is 0 Å². The normalized spacial score (nSPS) is 14.7. The molecule has 38 heavy (non-hydrogen) atoms. The molecule has 0 spiro atoms. The molecule has 1 fully saturated rings. The summed E-state index contributed by atoms with van der Waals surface area (Å²) in [7, 11) is 1.51. The van der Waals surface area contributed by atoms with Crippen LogP contribution in [0.3, 0.4) is 0 Å². The highest BCUT2D eigenvalue weighted by Crippen LogP contribution is 2.27. The molecule has 0 N–H and O–H groups in total. The maximum atomic E-state index is 9.88. The van der Waals surface area contributed by atoms with Crippen molar-refractivity contribution in [1.82, 2.24) is 4.90 Å². The van der Waals surface area contributed by atoms with E-state index in [-0.39, 0.29) is 13.2 Å². The Morgan fingerprint density at radius 1 is 1.08 bits per heavy atom. The van der Waals surface area contributed by atoms with Crippen LogP contribution in [0.1, 0.15) is 110 Å². The summed E-state index contributed by atoms with van der Waals surface area (Å²) in [5.74, 6) is 1.41. The Kier molecular flexibility index (Phi) is 31.3. The standard InChI is InChI=1S/C18H28S.C7H14.C4H8N2O4.C2H6/c1-2-10-16-19-18(14-8-1)15-9-4-7-13-17-11-5-3-6-12-17;1-3-5-7-6-4-2;1-5(4-7)2-3-10-6(8)9;1-2/h3,5-6,11-12,18H,1-2,4,7-10,13-16H2;3,5H,4,6-7H2,1-2H3;4H,2-3H2,1H3;1-2H3/b;5-3-;;. The van der Waals surface area contributed by atoms with Gasteiger partial charge in [0, 0.05) is 18.8 Å². The van der Waals surface area contributed by atoms with Crippen molar-refractivity contribution in [3.8, 4) is 0 Å². The molecular weight excluding hydrogens is 496 g/mol. The lowest BCUT2D eigenvalue weighted by Crippen LogP contribution is -2.22. The molecule has 1 unspecified atom stereocenters. The van der Waals surface area contributed by atoms with Gasteiger partial charge in [-0.05, 0) is 56.8 Å². The smallest absolute Gasteiger partial charge is 0.294 e. The lowest BCUT2D eigenvalue weighted by atomic mass is 10.0. The number of benzene rings is 1. The quantitative estimate of drug-likeness (QED) is 0.0757. The van der Waals surface area contributed by atoms with Gasteiger partial charge in [0.25, 0.3) is 5.09 Å². The summed E-state index contributed by atoms with van der Waals surface area (Å²) in [5, 5.41) is 9.62. The van der Waals surface area contributed by atoms with E-state index in [1.165, 1.54) is 107 Å². The lowest BCUT2D eigenvalue weighted by molar-refractivity contribution is -0.757. The average Bonchev–Trinajstić information content (AvgIpc) is 2.92. The van der Waals surface area contributed by atoms with Gasteiger partial charge in [-0.2, -0.15) is 11.8 Å². The first-order valence-corrected chi connectivity index (χ1v) is 15.8. The molecule has 1 aromatic rings. The van der Waals surface area contributed by atoms with Gasteiger partial charge < -0.3 is 9.74 Å². The van der Waals surface area contributed by atoms with Crippen molar-refractivity contribution in [2.45, 2.75) is 116 Å². The van der Waals surface area contributed by atoms with Crippen molar-refractivity contribution in [2.75, 3.05) is 26.0 Å². The van der Waals surface area contributed by atoms with E-state index in [1.807, 2.05) is 13.8 Å². The van der Waals surface area contributed by atoms with Crippen molar-refractivity contribution in [1.29, 1.82) is 0 Å². The third-order valence-corrected chi connectivity index (χ3v) is 7.36. The summed E-state index contributed by atoms with van der Waals surface area (Å²) in [6.45, 7) is 8.42. The van der Waals surface area contributed by atoms with Crippen molar-refractivity contribution in [3.63, 3.8) is 0 Å². The number of hydrogen-bond donors (Lipinski definition) is 0. The van der Waals surface area contributed by atoms with E-state index in [2.05, 4.69) is 72.9 Å². The SMILES string of the molecule is C/C=C\CCCC.CC.CN(C=O)CCO[N+](=O)[O-].c1ccc(CCCCCC2CCCCCCS2)cc1. The number of likely N-dealkylation sites (N-methyl/N-ethyl adjacent to an activating group) is 1. The van der Waals surface area contributed by atoms with Gasteiger partial charge in [0.15, 0.2) is 0 Å². The molecule has 1 saturated heterocycles. The first-order chi connectivity index (χ1) is 18.5. The maximum Gasteiger partial charge on any atom is 0.294 e. The first kappa shape index (κ1) is 38.1. The Morgan fingerprint density at radius 2 is 1.79 bits per heavy atom. The molecule has 1 amide bonds. The third kappa shape index (κ3) is 28.5. The van der Waals surface area contributed by atoms with Gasteiger partial charge in [-0.15, -0.1) is 10.1 Å². The molecule has 7 heteroatoms. The highest BCUT2D eigenvalue weighted by atomic mass is 32.2. The minimum Gasteiger partial charge on any atom is -0.346 e. The van der Waals surface area contributed by atoms with Gasteiger partial charge in [-0.3, -0.25) is 4.79 Å². The molecule has 1 aromatic carbocycles. The largest absolute Gasteiger partial charge is 0.346 e. The Morgan fingerprint density at radius 3 is 2.42 bits per heavy atom. The Labute approximate surface area is 238 Å². The van der Waals surface area contributed by atoms with Crippen LogP contribution in [0, 0.1) is 10.1 Å². The molecule has 6 nitrogen and oxygen atoms in total. The fourth-order valence-corrected chi connectivity index (χ4v) is 5.08. The lowest BCUT2D eigenvalue weighted by Gasteiger charge is -2.19. The number of thioether (sulfide) groups is 1. The Bertz CT molecular complexity index is 651. The van der Waals surface area contributed by atoms with E-state index >= 15 is 0 Å². The summed E-state index contributed by atoms with van der Waals surface area (Å²) < 4.78 is 0. The molecule has 0 radical (unpaired) electrons. The zero-order valence-corrected chi connectivity index (χ0v) is 25.8. The zero-order valence-electron chi connectivity index (χ0n) is 24.9. The van der Waals surface area contributed by atoms with E-state index in [0.29, 0.717) is 6.41 Å². The van der Waals surface area contributed by atoms with Gasteiger partial charge in [-0.25, -0.2) is 0 Å². The van der Waals surface area contributed by atoms with Crippen LogP contribution in [-0.2, 0) is 16.1 Å². The van der Waals surface area contributed by atoms with Gasteiger partial charge in [0.2, 0.25) is 6.41 Å². The van der Waals surface area contributed by atoms with Crippen molar-refractivity contribution >= 4 is 18.2 Å². The van der Waals surface area contributed by atoms with Gasteiger partial charge >= 0.3 is 0 Å². The molecule has 0 aliphatic carbocycles. The molecule has 0 bridgehead atoms. The number of amides is 1. The summed E-state index contributed by atoms with van der Waals surface area (Å²) in [6, 6.07) is 10.9. The van der Waals surface area contributed by atoms with Crippen LogP contribution in [0.5, 0.6) is 0 Å². The van der Waals surface area contributed by atoms with Crippen LogP contribution in [-0.4, -0.2) is 47.6 Å². The highest BCUT2D eigenvalue weighted by molar-refractivity contribution is 7.99. The average molecular weight is 553 g/mol. The molecule has 0 saturated carbocycles. The Hall–Kier alpha value is -2.02. The summed E-state index contributed by atoms with van der Waals surface area (Å²) in [4.78, 5) is 24.6. The van der Waals surface area contributed by atoms with E-state index in [4.69, 9.17) is 0 Å². The number of hydrogen-bond acceptors (Lipinski definition) is 5. The number of aryl methyl sites for hydroxylation is 1. The number of rotatable bonds is 14. The minimum absolute atomic E-state index is 0.0811. The molecule has 220 valence electrons. The minimum atomic E-state index is -0.890. The second-order valence-electron chi connectivity index (χ2n) is 9.13. The van der Waals surface area contributed by atoms with Crippen molar-refractivity contribution < 1.29 is 14.7 Å². The van der Waals surface area contributed by atoms with Crippen LogP contribution in [0.15, 0.2) is 42.5 Å². The predicted octanol–water partition coefficient (Wildman–Crippen LogP) is 8.92. The highest BCUT2D eigenvalue weighted by Gasteiger charge is 2.11. The van der Waals surface area contributed by atoms with Gasteiger partial charge in [0.1, 0.15) is 6.61 Å². The third-order valence-electron chi connectivity index (χ3n) is 5.89. The number of unbranched alkanes of at least 4 members (excludes halogenated alkanes) is 4. The molecule has 0 aromatic heterocycles. The molecule has 2 rings (SSSR count). The number of carbonyl (C=O) groups excluding carboxylic acids is 1. The zero-order chi connectivity index (χ0) is 28.7. The van der Waals surface area contributed by atoms with Crippen LogP contribution in [0.4, 0.5) is 0 Å². The molecule has 1 atom stereocenters. The first-order valence-electron chi connectivity index (χ1n) is 14.7. The number of carbonyl (C=O) groups is 1. The van der Waals surface area contributed by atoms with E-state index < -0.39 is 5.09 Å². The van der Waals surface area contributed by atoms with E-state index in [9.17, 15) is 14.9 Å². The second-order valence-corrected chi connectivity index (χ2v) is 10.5. The summed E-state index contributed by atoms with van der Waals surface area (Å²) in [6.07, 6.45) is 23.1. The van der Waals surface area contributed by atoms with Crippen molar-refractivity contribution in [3.05, 3.63) is 58.2 Å². The molecule has 1 aliphatic heterocycles. The van der Waals surface area contributed by atoms with Crippen molar-refractivity contribution in [2.24, 2.45) is 0 Å². The monoisotopic (exact) mass is 552 g/mol. The topological polar surface area (TPSA) is 72.7 Å². The molecule has 1 aliphatic rings. The fourth-order valence-electron chi connectivity index (χ4n) is 3.71. The maximum absolute atomic E-state index is 9.88. The van der Waals surface area contributed by atoms with Crippen LogP contribution in [0.2, 0.25) is 0 Å². The fraction of sp³-hybridized carbons (Fsp3) is 0.710. The summed E-state index contributed by atoms with van der Waals surface area (Å²) >= 11 is 2.25. The summed E-state index contributed by atoms with van der Waals surface area (Å²) in [5.41, 5.74) is 1.50. The number of nitrogens with zero attached hydrogens (tertiary/aromatic N) is 2. The van der Waals surface area contributed by atoms with Gasteiger partial charge in [0.05, 0.1) is 0 Å². The van der Waals surface area contributed by atoms with Crippen LogP contribution >= 0.6 is 11.8 Å². The molecule has 1 heterocycles. The van der Waals surface area contributed by atoms with Gasteiger partial charge in [-0.1, -0.05) is 108 Å². The number of allylic oxidation sites excluding steroid dienone is 2. The Balaban J connectivity index is 0. The second kappa shape index (κ2) is 31.2. The van der Waals surface area contributed by atoms with Crippen LogP contribution in [0.25, 0.3) is 0 Å². The van der Waals surface area contributed by atoms with E-state index in [1.54, 1.807) is 0 Å². The molecular formula is C31H56N2O4S. The van der Waals surface area contributed by atoms with E-state index in [0.717, 1.165) is 5.25 Å². The predicted molar refractivity (Wildman–Crippen MR) is 165 cm³/mol.